The van der Waals surface area contributed by atoms with E-state index >= 15 is 0 Å². The number of hydrogen-bond donors (Lipinski definition) is 3. The normalized spacial score (nSPS) is 14.8. The molecule has 3 rings (SSSR count). The van der Waals surface area contributed by atoms with Crippen LogP contribution in [0.5, 0.6) is 5.75 Å². The maximum atomic E-state index is 12.3. The molecular formula is C25H36IN5O2. The number of aliphatic imine (C=N–C) groups is 1. The molecule has 3 N–H and O–H groups in total. The molecule has 2 aromatic carbocycles. The van der Waals surface area contributed by atoms with Gasteiger partial charge in [-0.2, -0.15) is 0 Å². The molecule has 0 saturated carbocycles. The van der Waals surface area contributed by atoms with Crippen molar-refractivity contribution >= 4 is 35.8 Å². The number of hydrogen-bond acceptors (Lipinski definition) is 4. The zero-order valence-corrected chi connectivity index (χ0v) is 21.9. The summed E-state index contributed by atoms with van der Waals surface area (Å²) in [7, 11) is 1.70. The highest BCUT2D eigenvalue weighted by atomic mass is 127. The van der Waals surface area contributed by atoms with Crippen LogP contribution < -0.4 is 20.7 Å². The Morgan fingerprint density at radius 1 is 1.06 bits per heavy atom. The van der Waals surface area contributed by atoms with Crippen molar-refractivity contribution in [3.63, 3.8) is 0 Å². The summed E-state index contributed by atoms with van der Waals surface area (Å²) in [5, 5.41) is 9.61. The lowest BCUT2D eigenvalue weighted by Gasteiger charge is -2.29. The van der Waals surface area contributed by atoms with Crippen molar-refractivity contribution in [3.8, 4) is 5.75 Å². The average molecular weight is 566 g/mol. The molecular weight excluding hydrogens is 529 g/mol. The van der Waals surface area contributed by atoms with E-state index < -0.39 is 0 Å². The maximum absolute atomic E-state index is 12.3. The highest BCUT2D eigenvalue weighted by Gasteiger charge is 2.24. The molecule has 0 aliphatic carbocycles. The first-order valence-electron chi connectivity index (χ1n) is 11.4. The molecule has 1 fully saturated rings. The first kappa shape index (κ1) is 26.9. The van der Waals surface area contributed by atoms with E-state index in [-0.39, 0.29) is 42.5 Å². The monoisotopic (exact) mass is 565 g/mol. The molecule has 1 atom stereocenters. The molecule has 1 heterocycles. The van der Waals surface area contributed by atoms with Crippen LogP contribution in [0.15, 0.2) is 59.6 Å². The van der Waals surface area contributed by atoms with Crippen LogP contribution in [0.3, 0.4) is 0 Å². The Morgan fingerprint density at radius 3 is 2.52 bits per heavy atom. The summed E-state index contributed by atoms with van der Waals surface area (Å²) >= 11 is 0. The summed E-state index contributed by atoms with van der Waals surface area (Å²) in [6.45, 7) is 6.20. The quantitative estimate of drug-likeness (QED) is 0.234. The number of nitrogens with one attached hydrogen (secondary N) is 3. The minimum atomic E-state index is -0.102. The predicted molar refractivity (Wildman–Crippen MR) is 144 cm³/mol. The summed E-state index contributed by atoms with van der Waals surface area (Å²) in [5.74, 6) is 1.41. The van der Waals surface area contributed by atoms with Gasteiger partial charge in [-0.25, -0.2) is 4.99 Å². The Bertz CT molecular complexity index is 872. The second kappa shape index (κ2) is 14.7. The van der Waals surface area contributed by atoms with Crippen LogP contribution >= 0.6 is 24.0 Å². The fraction of sp³-hybridized carbons (Fsp3) is 0.440. The minimum absolute atomic E-state index is 0. The lowest BCUT2D eigenvalue weighted by atomic mass is 10.1. The Labute approximate surface area is 214 Å². The third kappa shape index (κ3) is 8.85. The average Bonchev–Trinajstić information content (AvgIpc) is 3.36. The lowest BCUT2D eigenvalue weighted by Crippen LogP contribution is -2.43. The van der Waals surface area contributed by atoms with Crippen LogP contribution in [-0.2, 0) is 11.3 Å². The van der Waals surface area contributed by atoms with Gasteiger partial charge in [0, 0.05) is 19.6 Å². The summed E-state index contributed by atoms with van der Waals surface area (Å²) in [6.07, 6.45) is 2.44. The van der Waals surface area contributed by atoms with Gasteiger partial charge >= 0.3 is 0 Å². The molecule has 0 spiro atoms. The number of likely N-dealkylation sites (tertiary alicyclic amines) is 1. The van der Waals surface area contributed by atoms with Gasteiger partial charge in [0.2, 0.25) is 5.91 Å². The Hall–Kier alpha value is -2.33. The standard InChI is InChI=1S/C25H35N5O2.HI/c1-3-26-25(29-19-24(31)27-17-20-10-5-4-6-11-20)28-18-23(30-14-7-8-15-30)21-12-9-13-22(16-21)32-2;/h4-6,9-13,16,23H,3,7-8,14-15,17-19H2,1-2H3,(H,27,31)(H2,26,28,29);1H. The zero-order chi connectivity index (χ0) is 22.6. The second-order valence-electron chi connectivity index (χ2n) is 7.87. The molecule has 2 aromatic rings. The second-order valence-corrected chi connectivity index (χ2v) is 7.87. The molecule has 180 valence electrons. The Balaban J connectivity index is 0.00000385. The van der Waals surface area contributed by atoms with Crippen LogP contribution in [0.4, 0.5) is 0 Å². The van der Waals surface area contributed by atoms with Crippen molar-refractivity contribution < 1.29 is 9.53 Å². The summed E-state index contributed by atoms with van der Waals surface area (Å²) in [5.41, 5.74) is 2.29. The van der Waals surface area contributed by atoms with Crippen LogP contribution in [0, 0.1) is 0 Å². The first-order chi connectivity index (χ1) is 15.7. The number of benzene rings is 2. The van der Waals surface area contributed by atoms with Crippen molar-refractivity contribution in [1.82, 2.24) is 20.9 Å². The molecule has 0 bridgehead atoms. The van der Waals surface area contributed by atoms with E-state index in [4.69, 9.17) is 4.74 Å². The van der Waals surface area contributed by atoms with Gasteiger partial charge in [-0.1, -0.05) is 42.5 Å². The smallest absolute Gasteiger partial charge is 0.242 e. The number of amides is 1. The minimum Gasteiger partial charge on any atom is -0.497 e. The first-order valence-corrected chi connectivity index (χ1v) is 11.4. The van der Waals surface area contributed by atoms with E-state index in [1.807, 2.05) is 49.4 Å². The van der Waals surface area contributed by atoms with E-state index in [9.17, 15) is 4.79 Å². The molecule has 1 saturated heterocycles. The fourth-order valence-electron chi connectivity index (χ4n) is 3.90. The fourth-order valence-corrected chi connectivity index (χ4v) is 3.90. The number of carbonyl (C=O) groups excluding carboxylic acids is 1. The molecule has 1 unspecified atom stereocenters. The molecule has 0 radical (unpaired) electrons. The SMILES string of the molecule is CCNC(=NCC(=O)NCc1ccccc1)NCC(c1cccc(OC)c1)N1CCCC1.I. The molecule has 8 heteroatoms. The van der Waals surface area contributed by atoms with Crippen molar-refractivity contribution in [2.24, 2.45) is 4.99 Å². The molecule has 1 aliphatic heterocycles. The number of guanidine groups is 1. The number of rotatable bonds is 10. The summed E-state index contributed by atoms with van der Waals surface area (Å²) in [4.78, 5) is 19.3. The predicted octanol–water partition coefficient (Wildman–Crippen LogP) is 3.32. The van der Waals surface area contributed by atoms with Gasteiger partial charge in [-0.3, -0.25) is 9.69 Å². The molecule has 1 aliphatic rings. The van der Waals surface area contributed by atoms with Crippen LogP contribution in [-0.4, -0.2) is 56.6 Å². The van der Waals surface area contributed by atoms with Gasteiger partial charge in [0.25, 0.3) is 0 Å². The zero-order valence-electron chi connectivity index (χ0n) is 19.5. The molecule has 0 aromatic heterocycles. The Kier molecular flexibility index (Phi) is 12.0. The summed E-state index contributed by atoms with van der Waals surface area (Å²) in [6, 6.07) is 18.3. The van der Waals surface area contributed by atoms with Crippen LogP contribution in [0.2, 0.25) is 0 Å². The summed E-state index contributed by atoms with van der Waals surface area (Å²) < 4.78 is 5.43. The Morgan fingerprint density at radius 2 is 1.82 bits per heavy atom. The van der Waals surface area contributed by atoms with Crippen molar-refractivity contribution in [1.29, 1.82) is 0 Å². The number of halogens is 1. The van der Waals surface area contributed by atoms with Gasteiger partial charge in [-0.05, 0) is 56.1 Å². The number of nitrogens with zero attached hydrogens (tertiary/aromatic N) is 2. The number of ether oxygens (including phenoxy) is 1. The van der Waals surface area contributed by atoms with E-state index in [1.165, 1.54) is 18.4 Å². The number of methoxy groups -OCH3 is 1. The maximum Gasteiger partial charge on any atom is 0.242 e. The topological polar surface area (TPSA) is 78.0 Å². The third-order valence-electron chi connectivity index (χ3n) is 5.58. The van der Waals surface area contributed by atoms with E-state index in [2.05, 4.69) is 38.0 Å². The van der Waals surface area contributed by atoms with Gasteiger partial charge < -0.3 is 20.7 Å². The molecule has 7 nitrogen and oxygen atoms in total. The van der Waals surface area contributed by atoms with Gasteiger partial charge in [0.05, 0.1) is 13.2 Å². The van der Waals surface area contributed by atoms with E-state index in [0.29, 0.717) is 19.0 Å². The van der Waals surface area contributed by atoms with Crippen molar-refractivity contribution in [2.75, 3.05) is 39.8 Å². The van der Waals surface area contributed by atoms with Crippen LogP contribution in [0.25, 0.3) is 0 Å². The highest BCUT2D eigenvalue weighted by Crippen LogP contribution is 2.27. The van der Waals surface area contributed by atoms with Gasteiger partial charge in [0.1, 0.15) is 12.3 Å². The molecule has 33 heavy (non-hydrogen) atoms. The van der Waals surface area contributed by atoms with Crippen molar-refractivity contribution in [2.45, 2.75) is 32.4 Å². The number of carbonyl (C=O) groups is 1. The highest BCUT2D eigenvalue weighted by molar-refractivity contribution is 14.0. The van der Waals surface area contributed by atoms with E-state index in [1.54, 1.807) is 7.11 Å². The van der Waals surface area contributed by atoms with E-state index in [0.717, 1.165) is 30.9 Å². The van der Waals surface area contributed by atoms with Crippen LogP contribution in [0.1, 0.15) is 36.9 Å². The molecule has 1 amide bonds. The van der Waals surface area contributed by atoms with Gasteiger partial charge in [0.15, 0.2) is 5.96 Å². The lowest BCUT2D eigenvalue weighted by molar-refractivity contribution is -0.119. The van der Waals surface area contributed by atoms with Gasteiger partial charge in [-0.15, -0.1) is 24.0 Å². The largest absolute Gasteiger partial charge is 0.497 e. The van der Waals surface area contributed by atoms with Crippen molar-refractivity contribution in [3.05, 3.63) is 65.7 Å². The third-order valence-corrected chi connectivity index (χ3v) is 5.58.